The molecule has 4 aromatic rings. The van der Waals surface area contributed by atoms with Crippen LogP contribution in [0.5, 0.6) is 0 Å². The normalized spacial score (nSPS) is 11.3. The lowest BCUT2D eigenvalue weighted by Crippen LogP contribution is -2.11. The van der Waals surface area contributed by atoms with E-state index in [0.717, 1.165) is 26.9 Å². The summed E-state index contributed by atoms with van der Waals surface area (Å²) >= 11 is 9.42. The first-order valence-corrected chi connectivity index (χ1v) is 9.79. The molecule has 0 saturated heterocycles. The van der Waals surface area contributed by atoms with Crippen LogP contribution in [0.15, 0.2) is 46.9 Å². The van der Waals surface area contributed by atoms with E-state index in [0.29, 0.717) is 21.9 Å². The highest BCUT2D eigenvalue weighted by molar-refractivity contribution is 7.98. The molecule has 0 fully saturated rings. The van der Waals surface area contributed by atoms with Crippen LogP contribution < -0.4 is 5.84 Å². The summed E-state index contributed by atoms with van der Waals surface area (Å²) in [4.78, 5) is 5.49. The average molecular weight is 388 g/mol. The molecule has 8 heteroatoms. The van der Waals surface area contributed by atoms with Gasteiger partial charge in [-0.15, -0.1) is 21.5 Å². The Balaban J connectivity index is 1.58. The van der Waals surface area contributed by atoms with Crippen molar-refractivity contribution in [3.05, 3.63) is 58.1 Å². The highest BCUT2D eigenvalue weighted by Crippen LogP contribution is 2.29. The van der Waals surface area contributed by atoms with Gasteiger partial charge in [0.1, 0.15) is 5.15 Å². The number of thiophene rings is 1. The van der Waals surface area contributed by atoms with Crippen LogP contribution in [0.4, 0.5) is 0 Å². The molecule has 2 N–H and O–H groups in total. The van der Waals surface area contributed by atoms with Crippen LogP contribution in [0.2, 0.25) is 5.15 Å². The van der Waals surface area contributed by atoms with Gasteiger partial charge < -0.3 is 5.84 Å². The number of hydrogen-bond donors (Lipinski definition) is 1. The zero-order valence-electron chi connectivity index (χ0n) is 13.3. The van der Waals surface area contributed by atoms with E-state index in [1.54, 1.807) is 11.3 Å². The van der Waals surface area contributed by atoms with Crippen LogP contribution in [0, 0.1) is 6.92 Å². The first-order chi connectivity index (χ1) is 12.1. The standard InChI is InChI=1S/C17H14ClN5S2/c1-10-4-5-11-8-12(15(18)20-13(11)7-10)9-25-17-22-21-16(23(17)19)14-3-2-6-24-14/h2-8H,9,19H2,1H3. The van der Waals surface area contributed by atoms with E-state index >= 15 is 0 Å². The molecule has 0 aliphatic heterocycles. The first-order valence-electron chi connectivity index (χ1n) is 7.55. The maximum atomic E-state index is 6.35. The van der Waals surface area contributed by atoms with Gasteiger partial charge in [0.25, 0.3) is 0 Å². The summed E-state index contributed by atoms with van der Waals surface area (Å²) in [5, 5.41) is 12.6. The second-order valence-electron chi connectivity index (χ2n) is 5.58. The number of thioether (sulfide) groups is 1. The molecule has 0 amide bonds. The number of rotatable bonds is 4. The van der Waals surface area contributed by atoms with Crippen molar-refractivity contribution in [3.8, 4) is 10.7 Å². The van der Waals surface area contributed by atoms with Crippen LogP contribution in [0.1, 0.15) is 11.1 Å². The largest absolute Gasteiger partial charge is 0.335 e. The van der Waals surface area contributed by atoms with Crippen molar-refractivity contribution in [3.63, 3.8) is 0 Å². The third kappa shape index (κ3) is 3.22. The van der Waals surface area contributed by atoms with Crippen molar-refractivity contribution in [2.75, 3.05) is 5.84 Å². The lowest BCUT2D eigenvalue weighted by molar-refractivity contribution is 0.850. The fraction of sp³-hybridized carbons (Fsp3) is 0.118. The quantitative estimate of drug-likeness (QED) is 0.316. The molecule has 0 bridgehead atoms. The van der Waals surface area contributed by atoms with Gasteiger partial charge in [0, 0.05) is 16.7 Å². The summed E-state index contributed by atoms with van der Waals surface area (Å²) in [6.07, 6.45) is 0. The van der Waals surface area contributed by atoms with Crippen LogP contribution >= 0.6 is 34.7 Å². The second-order valence-corrected chi connectivity index (χ2v) is 7.82. The SMILES string of the molecule is Cc1ccc2cc(CSc3nnc(-c4cccs4)n3N)c(Cl)nc2c1. The van der Waals surface area contributed by atoms with E-state index in [9.17, 15) is 0 Å². The van der Waals surface area contributed by atoms with Crippen LogP contribution in [0.25, 0.3) is 21.6 Å². The molecule has 25 heavy (non-hydrogen) atoms. The number of nitrogens with two attached hydrogens (primary N) is 1. The Bertz CT molecular complexity index is 1040. The van der Waals surface area contributed by atoms with Gasteiger partial charge in [-0.3, -0.25) is 0 Å². The zero-order valence-corrected chi connectivity index (χ0v) is 15.7. The van der Waals surface area contributed by atoms with Gasteiger partial charge in [0.15, 0.2) is 5.82 Å². The Labute approximate surface area is 157 Å². The topological polar surface area (TPSA) is 69.6 Å². The maximum Gasteiger partial charge on any atom is 0.210 e. The fourth-order valence-corrected chi connectivity index (χ4v) is 4.32. The Morgan fingerprint density at radius 2 is 2.12 bits per heavy atom. The van der Waals surface area contributed by atoms with Crippen molar-refractivity contribution in [1.82, 2.24) is 19.9 Å². The highest BCUT2D eigenvalue weighted by atomic mass is 35.5. The molecule has 0 unspecified atom stereocenters. The van der Waals surface area contributed by atoms with Crippen LogP contribution in [-0.4, -0.2) is 19.9 Å². The minimum absolute atomic E-state index is 0.507. The van der Waals surface area contributed by atoms with Gasteiger partial charge in [0.2, 0.25) is 5.16 Å². The van der Waals surface area contributed by atoms with Crippen molar-refractivity contribution >= 4 is 45.6 Å². The van der Waals surface area contributed by atoms with Gasteiger partial charge in [-0.2, -0.15) is 0 Å². The van der Waals surface area contributed by atoms with Crippen LogP contribution in [-0.2, 0) is 5.75 Å². The first kappa shape index (κ1) is 16.4. The van der Waals surface area contributed by atoms with Crippen molar-refractivity contribution in [2.24, 2.45) is 0 Å². The molecule has 0 atom stereocenters. The molecule has 0 aliphatic carbocycles. The predicted octanol–water partition coefficient (Wildman–Crippen LogP) is 4.52. The summed E-state index contributed by atoms with van der Waals surface area (Å²) in [5.41, 5.74) is 3.01. The second kappa shape index (κ2) is 6.67. The predicted molar refractivity (Wildman–Crippen MR) is 105 cm³/mol. The number of halogens is 1. The van der Waals surface area contributed by atoms with E-state index in [1.807, 2.05) is 30.5 Å². The lowest BCUT2D eigenvalue weighted by Gasteiger charge is -2.07. The number of aryl methyl sites for hydroxylation is 1. The monoisotopic (exact) mass is 387 g/mol. The minimum Gasteiger partial charge on any atom is -0.335 e. The maximum absolute atomic E-state index is 6.35. The summed E-state index contributed by atoms with van der Waals surface area (Å²) in [6.45, 7) is 2.04. The Kier molecular flexibility index (Phi) is 4.37. The van der Waals surface area contributed by atoms with Gasteiger partial charge in [-0.05, 0) is 36.1 Å². The number of aromatic nitrogens is 4. The summed E-state index contributed by atoms with van der Waals surface area (Å²) in [6, 6.07) is 12.2. The molecule has 0 saturated carbocycles. The Morgan fingerprint density at radius 1 is 1.24 bits per heavy atom. The average Bonchev–Trinajstić information content (AvgIpc) is 3.23. The molecule has 3 aromatic heterocycles. The lowest BCUT2D eigenvalue weighted by atomic mass is 10.1. The van der Waals surface area contributed by atoms with E-state index < -0.39 is 0 Å². The number of fused-ring (bicyclic) bond motifs is 1. The molecule has 3 heterocycles. The third-order valence-corrected chi connectivity index (χ3v) is 5.95. The number of pyridine rings is 1. The summed E-state index contributed by atoms with van der Waals surface area (Å²) in [5.74, 6) is 7.42. The third-order valence-electron chi connectivity index (χ3n) is 3.76. The summed E-state index contributed by atoms with van der Waals surface area (Å²) < 4.78 is 1.52. The zero-order chi connectivity index (χ0) is 17.4. The smallest absolute Gasteiger partial charge is 0.210 e. The molecule has 126 valence electrons. The van der Waals surface area contributed by atoms with Crippen molar-refractivity contribution in [2.45, 2.75) is 17.8 Å². The van der Waals surface area contributed by atoms with Gasteiger partial charge >= 0.3 is 0 Å². The minimum atomic E-state index is 0.507. The number of benzene rings is 1. The van der Waals surface area contributed by atoms with E-state index in [-0.39, 0.29) is 0 Å². The van der Waals surface area contributed by atoms with Crippen LogP contribution in [0.3, 0.4) is 0 Å². The molecule has 4 rings (SSSR count). The Hall–Kier alpha value is -2.09. The molecular weight excluding hydrogens is 374 g/mol. The molecular formula is C17H14ClN5S2. The van der Waals surface area contributed by atoms with Crippen molar-refractivity contribution in [1.29, 1.82) is 0 Å². The number of nitrogen functional groups attached to an aromatic ring is 1. The number of nitrogens with zero attached hydrogens (tertiary/aromatic N) is 4. The molecule has 1 aromatic carbocycles. The van der Waals surface area contributed by atoms with Gasteiger partial charge in [-0.25, -0.2) is 9.66 Å². The van der Waals surface area contributed by atoms with E-state index in [1.165, 1.54) is 16.4 Å². The van der Waals surface area contributed by atoms with E-state index in [4.69, 9.17) is 17.4 Å². The fourth-order valence-electron chi connectivity index (χ4n) is 2.49. The summed E-state index contributed by atoms with van der Waals surface area (Å²) in [7, 11) is 0. The van der Waals surface area contributed by atoms with Crippen molar-refractivity contribution < 1.29 is 0 Å². The van der Waals surface area contributed by atoms with Gasteiger partial charge in [0.05, 0.1) is 10.4 Å². The number of hydrogen-bond acceptors (Lipinski definition) is 6. The Morgan fingerprint density at radius 3 is 2.92 bits per heavy atom. The van der Waals surface area contributed by atoms with E-state index in [2.05, 4.69) is 33.4 Å². The molecule has 0 radical (unpaired) electrons. The molecule has 5 nitrogen and oxygen atoms in total. The molecule has 0 spiro atoms. The van der Waals surface area contributed by atoms with Gasteiger partial charge in [-0.1, -0.05) is 41.6 Å². The molecule has 0 aliphatic rings. The highest BCUT2D eigenvalue weighted by Gasteiger charge is 2.14.